The number of fused-ring (bicyclic) bond motifs is 2. The van der Waals surface area contributed by atoms with Crippen molar-refractivity contribution in [2.45, 2.75) is 26.7 Å². The molecule has 0 unspecified atom stereocenters. The molecule has 1 aromatic carbocycles. The van der Waals surface area contributed by atoms with E-state index in [-0.39, 0.29) is 12.4 Å². The van der Waals surface area contributed by atoms with E-state index < -0.39 is 12.0 Å². The Kier molecular flexibility index (Phi) is 5.99. The van der Waals surface area contributed by atoms with Crippen LogP contribution in [0.5, 0.6) is 11.5 Å². The molecule has 0 fully saturated rings. The van der Waals surface area contributed by atoms with Gasteiger partial charge in [0.1, 0.15) is 0 Å². The van der Waals surface area contributed by atoms with Crippen molar-refractivity contribution < 1.29 is 24.2 Å². The summed E-state index contributed by atoms with van der Waals surface area (Å²) in [6.45, 7) is 4.61. The number of benzene rings is 1. The van der Waals surface area contributed by atoms with Gasteiger partial charge >= 0.3 is 12.0 Å². The first kappa shape index (κ1) is 18.3. The second-order valence-corrected chi connectivity index (χ2v) is 5.33. The number of aryl methyl sites for hydroxylation is 1. The van der Waals surface area contributed by atoms with Crippen molar-refractivity contribution in [2.75, 3.05) is 13.3 Å². The summed E-state index contributed by atoms with van der Waals surface area (Å²) in [5, 5.41) is 12.3. The highest BCUT2D eigenvalue weighted by Gasteiger charge is 2.18. The quantitative estimate of drug-likeness (QED) is 0.779. The Balaban J connectivity index is 0.000000326. The zero-order valence-corrected chi connectivity index (χ0v) is 14.2. The van der Waals surface area contributed by atoms with Crippen molar-refractivity contribution >= 4 is 22.9 Å². The van der Waals surface area contributed by atoms with Crippen LogP contribution in [-0.2, 0) is 6.42 Å². The molecule has 1 aliphatic heterocycles. The van der Waals surface area contributed by atoms with E-state index in [1.54, 1.807) is 18.2 Å². The Bertz CT molecular complexity index is 791. The SMILES string of the molecule is CCCc1nc2cc3c(cc2cc1C(=O)O)OCO3.CCNC(N)=O. The van der Waals surface area contributed by atoms with Crippen LogP contribution in [0.3, 0.4) is 0 Å². The van der Waals surface area contributed by atoms with Crippen molar-refractivity contribution in [3.8, 4) is 11.5 Å². The van der Waals surface area contributed by atoms with Gasteiger partial charge in [0.25, 0.3) is 0 Å². The number of pyridine rings is 1. The Labute approximate surface area is 144 Å². The molecule has 2 amide bonds. The molecule has 0 atom stereocenters. The van der Waals surface area contributed by atoms with Crippen LogP contribution in [0.25, 0.3) is 10.9 Å². The second kappa shape index (κ2) is 8.18. The molecule has 0 radical (unpaired) electrons. The maximum Gasteiger partial charge on any atom is 0.337 e. The molecule has 8 heteroatoms. The molecule has 1 aliphatic rings. The molecule has 0 spiro atoms. The number of aromatic nitrogens is 1. The van der Waals surface area contributed by atoms with Gasteiger partial charge in [-0.1, -0.05) is 13.3 Å². The first-order valence-corrected chi connectivity index (χ1v) is 7.96. The number of carboxylic acid groups (broad SMARTS) is 1. The Hall–Kier alpha value is -3.03. The minimum atomic E-state index is -0.949. The molecule has 1 aromatic heterocycles. The number of aromatic carboxylic acids is 1. The fraction of sp³-hybridized carbons (Fsp3) is 0.353. The van der Waals surface area contributed by atoms with Gasteiger partial charge in [-0.3, -0.25) is 4.98 Å². The van der Waals surface area contributed by atoms with E-state index in [0.717, 1.165) is 17.3 Å². The van der Waals surface area contributed by atoms with E-state index in [1.807, 2.05) is 13.8 Å². The van der Waals surface area contributed by atoms with Gasteiger partial charge in [0.05, 0.1) is 16.8 Å². The minimum Gasteiger partial charge on any atom is -0.478 e. The summed E-state index contributed by atoms with van der Waals surface area (Å²) in [7, 11) is 0. The number of hydrogen-bond acceptors (Lipinski definition) is 5. The number of amides is 2. The van der Waals surface area contributed by atoms with Gasteiger partial charge in [0.15, 0.2) is 11.5 Å². The lowest BCUT2D eigenvalue weighted by Crippen LogP contribution is -2.28. The summed E-state index contributed by atoms with van der Waals surface area (Å²) in [5.74, 6) is 0.343. The Morgan fingerprint density at radius 1 is 1.24 bits per heavy atom. The zero-order chi connectivity index (χ0) is 18.4. The van der Waals surface area contributed by atoms with Gasteiger partial charge in [0, 0.05) is 18.0 Å². The molecule has 134 valence electrons. The van der Waals surface area contributed by atoms with Crippen molar-refractivity contribution in [3.05, 3.63) is 29.5 Å². The number of primary amides is 1. The number of urea groups is 1. The molecule has 0 bridgehead atoms. The van der Waals surface area contributed by atoms with E-state index in [2.05, 4.69) is 16.0 Å². The van der Waals surface area contributed by atoms with Gasteiger partial charge < -0.3 is 25.6 Å². The van der Waals surface area contributed by atoms with E-state index in [0.29, 0.717) is 30.2 Å². The number of nitrogens with two attached hydrogens (primary N) is 1. The number of carboxylic acids is 1. The monoisotopic (exact) mass is 347 g/mol. The first-order valence-electron chi connectivity index (χ1n) is 7.96. The van der Waals surface area contributed by atoms with E-state index in [4.69, 9.17) is 9.47 Å². The third kappa shape index (κ3) is 4.50. The number of nitrogens with zero attached hydrogens (tertiary/aromatic N) is 1. The number of carbonyl (C=O) groups is 2. The van der Waals surface area contributed by atoms with Gasteiger partial charge in [-0.25, -0.2) is 9.59 Å². The highest BCUT2D eigenvalue weighted by molar-refractivity contribution is 5.95. The number of rotatable bonds is 4. The Morgan fingerprint density at radius 2 is 1.92 bits per heavy atom. The van der Waals surface area contributed by atoms with Gasteiger partial charge in [-0.2, -0.15) is 0 Å². The van der Waals surface area contributed by atoms with Crippen LogP contribution in [-0.4, -0.2) is 35.4 Å². The predicted molar refractivity (Wildman–Crippen MR) is 92.1 cm³/mol. The average molecular weight is 347 g/mol. The molecule has 3 rings (SSSR count). The smallest absolute Gasteiger partial charge is 0.337 e. The van der Waals surface area contributed by atoms with Crippen LogP contribution in [0.4, 0.5) is 4.79 Å². The molecule has 8 nitrogen and oxygen atoms in total. The molecule has 0 saturated carbocycles. The standard InChI is InChI=1S/C14H13NO4.C3H8N2O/c1-2-3-10-9(14(16)17)4-8-5-12-13(19-7-18-12)6-11(8)15-10;1-2-5-3(4)6/h4-6H,2-3,7H2,1H3,(H,16,17);2H2,1H3,(H3,4,5,6). The van der Waals surface area contributed by atoms with Crippen molar-refractivity contribution in [2.24, 2.45) is 5.73 Å². The van der Waals surface area contributed by atoms with Crippen molar-refractivity contribution in [3.63, 3.8) is 0 Å². The predicted octanol–water partition coefficient (Wildman–Crippen LogP) is 2.29. The molecule has 2 aromatic rings. The van der Waals surface area contributed by atoms with Gasteiger partial charge in [0.2, 0.25) is 6.79 Å². The lowest BCUT2D eigenvalue weighted by Gasteiger charge is -2.07. The average Bonchev–Trinajstić information content (AvgIpc) is 2.99. The minimum absolute atomic E-state index is 0.194. The number of ether oxygens (including phenoxy) is 2. The van der Waals surface area contributed by atoms with Crippen LogP contribution in [0.1, 0.15) is 36.3 Å². The maximum atomic E-state index is 11.3. The number of nitrogens with one attached hydrogen (secondary N) is 1. The second-order valence-electron chi connectivity index (χ2n) is 5.33. The highest BCUT2D eigenvalue weighted by atomic mass is 16.7. The first-order chi connectivity index (χ1) is 12.0. The van der Waals surface area contributed by atoms with Crippen molar-refractivity contribution in [1.29, 1.82) is 0 Å². The summed E-state index contributed by atoms with van der Waals surface area (Å²) in [6.07, 6.45) is 1.50. The number of hydrogen-bond donors (Lipinski definition) is 3. The summed E-state index contributed by atoms with van der Waals surface area (Å²) in [5.41, 5.74) is 6.26. The summed E-state index contributed by atoms with van der Waals surface area (Å²) >= 11 is 0. The van der Waals surface area contributed by atoms with Crippen LogP contribution < -0.4 is 20.5 Å². The molecular weight excluding hydrogens is 326 g/mol. The lowest BCUT2D eigenvalue weighted by molar-refractivity contribution is 0.0695. The van der Waals surface area contributed by atoms with Crippen LogP contribution >= 0.6 is 0 Å². The third-order valence-electron chi connectivity index (χ3n) is 3.46. The van der Waals surface area contributed by atoms with Crippen molar-refractivity contribution in [1.82, 2.24) is 10.3 Å². The normalized spacial score (nSPS) is 11.6. The topological polar surface area (TPSA) is 124 Å². The number of carbonyl (C=O) groups excluding carboxylic acids is 1. The molecule has 4 N–H and O–H groups in total. The maximum absolute atomic E-state index is 11.3. The summed E-state index contributed by atoms with van der Waals surface area (Å²) in [4.78, 5) is 25.4. The van der Waals surface area contributed by atoms with Gasteiger partial charge in [-0.05, 0) is 25.5 Å². The molecular formula is C17H21N3O5. The van der Waals surface area contributed by atoms with E-state index in [9.17, 15) is 14.7 Å². The van der Waals surface area contributed by atoms with Crippen LogP contribution in [0.2, 0.25) is 0 Å². The molecule has 2 heterocycles. The van der Waals surface area contributed by atoms with Crippen LogP contribution in [0.15, 0.2) is 18.2 Å². The van der Waals surface area contributed by atoms with Crippen LogP contribution in [0, 0.1) is 0 Å². The van der Waals surface area contributed by atoms with Gasteiger partial charge in [-0.15, -0.1) is 0 Å². The van der Waals surface area contributed by atoms with E-state index >= 15 is 0 Å². The summed E-state index contributed by atoms with van der Waals surface area (Å²) in [6, 6.07) is 4.75. The Morgan fingerprint density at radius 3 is 2.44 bits per heavy atom. The molecule has 25 heavy (non-hydrogen) atoms. The fourth-order valence-electron chi connectivity index (χ4n) is 2.39. The lowest BCUT2D eigenvalue weighted by atomic mass is 10.1. The fourth-order valence-corrected chi connectivity index (χ4v) is 2.39. The third-order valence-corrected chi connectivity index (χ3v) is 3.46. The molecule has 0 saturated heterocycles. The van der Waals surface area contributed by atoms with E-state index in [1.165, 1.54) is 0 Å². The summed E-state index contributed by atoms with van der Waals surface area (Å²) < 4.78 is 10.6. The molecule has 0 aliphatic carbocycles. The largest absolute Gasteiger partial charge is 0.478 e. The highest BCUT2D eigenvalue weighted by Crippen LogP contribution is 2.36. The zero-order valence-electron chi connectivity index (χ0n) is 14.2.